The van der Waals surface area contributed by atoms with Gasteiger partial charge in [-0.05, 0) is 26.7 Å². The molecule has 4 heterocycles. The molecule has 2 aromatic rings. The molecule has 0 radical (unpaired) electrons. The summed E-state index contributed by atoms with van der Waals surface area (Å²) < 4.78 is 6.56. The smallest absolute Gasteiger partial charge is 0.277 e. The van der Waals surface area contributed by atoms with Crippen LogP contribution in [0, 0.1) is 0 Å². The number of carbonyl (C=O) groups is 1. The van der Waals surface area contributed by atoms with E-state index in [1.54, 1.807) is 4.52 Å². The number of amides is 1. The zero-order chi connectivity index (χ0) is 19.8. The Morgan fingerprint density at radius 2 is 2.21 bits per heavy atom. The molecule has 0 saturated carbocycles. The highest BCUT2D eigenvalue weighted by atomic mass is 16.5. The Hall–Kier alpha value is -2.19. The molecule has 0 bridgehead atoms. The Kier molecular flexibility index (Phi) is 5.25. The Balaban J connectivity index is 1.63. The summed E-state index contributed by atoms with van der Waals surface area (Å²) in [4.78, 5) is 34.2. The Labute approximate surface area is 164 Å². The first-order valence-electron chi connectivity index (χ1n) is 10.1. The van der Waals surface area contributed by atoms with E-state index in [-0.39, 0.29) is 24.0 Å². The molecule has 2 aromatic heterocycles. The normalized spacial score (nSPS) is 20.7. The fourth-order valence-corrected chi connectivity index (χ4v) is 4.34. The standard InChI is InChI=1S/C20H29N5O3/c1-13(2)23-8-6-16-15(11-23)20(27)25-18(21-16)9-17(22-25)14-5-4-7-24(10-14)19(26)12-28-3/h9,13-14,22H,4-8,10-12H2,1-3H3/t14-/m0/s1. The molecule has 2 aliphatic rings. The first kappa shape index (κ1) is 19.1. The number of fused-ring (bicyclic) bond motifs is 2. The summed E-state index contributed by atoms with van der Waals surface area (Å²) in [6.45, 7) is 7.41. The van der Waals surface area contributed by atoms with Crippen molar-refractivity contribution in [3.8, 4) is 0 Å². The topological polar surface area (TPSA) is 82.9 Å². The van der Waals surface area contributed by atoms with Gasteiger partial charge in [-0.3, -0.25) is 19.6 Å². The molecule has 8 nitrogen and oxygen atoms in total. The van der Waals surface area contributed by atoms with Crippen molar-refractivity contribution < 1.29 is 9.53 Å². The SMILES string of the molecule is COCC(=O)N1CCC[C@H](c2cc3nc4c(c(=O)n3[nH]2)CN(C(C)C)CC4)C1. The van der Waals surface area contributed by atoms with E-state index in [0.29, 0.717) is 24.8 Å². The van der Waals surface area contributed by atoms with Crippen molar-refractivity contribution in [1.29, 1.82) is 0 Å². The minimum atomic E-state index is -0.000255. The summed E-state index contributed by atoms with van der Waals surface area (Å²) in [7, 11) is 1.54. The summed E-state index contributed by atoms with van der Waals surface area (Å²) in [5.41, 5.74) is 3.37. The lowest BCUT2D eigenvalue weighted by atomic mass is 9.95. The van der Waals surface area contributed by atoms with Gasteiger partial charge in [0.25, 0.3) is 5.56 Å². The van der Waals surface area contributed by atoms with Gasteiger partial charge in [-0.1, -0.05) is 0 Å². The highest BCUT2D eigenvalue weighted by Crippen LogP contribution is 2.27. The second-order valence-corrected chi connectivity index (χ2v) is 8.17. The van der Waals surface area contributed by atoms with Gasteiger partial charge in [0.05, 0.1) is 11.3 Å². The summed E-state index contributed by atoms with van der Waals surface area (Å²) >= 11 is 0. The molecule has 1 amide bonds. The highest BCUT2D eigenvalue weighted by molar-refractivity contribution is 5.77. The molecule has 28 heavy (non-hydrogen) atoms. The molecule has 1 fully saturated rings. The fourth-order valence-electron chi connectivity index (χ4n) is 4.34. The van der Waals surface area contributed by atoms with Crippen LogP contribution in [-0.4, -0.2) is 69.7 Å². The van der Waals surface area contributed by atoms with Crippen molar-refractivity contribution in [2.45, 2.75) is 51.6 Å². The number of carbonyl (C=O) groups excluding carboxylic acids is 1. The third-order valence-corrected chi connectivity index (χ3v) is 6.02. The molecule has 2 aliphatic heterocycles. The first-order chi connectivity index (χ1) is 13.5. The number of H-pyrrole nitrogens is 1. The van der Waals surface area contributed by atoms with Gasteiger partial charge in [0.1, 0.15) is 6.61 Å². The van der Waals surface area contributed by atoms with Crippen LogP contribution < -0.4 is 5.56 Å². The first-order valence-corrected chi connectivity index (χ1v) is 10.1. The molecule has 8 heteroatoms. The van der Waals surface area contributed by atoms with E-state index in [2.05, 4.69) is 23.8 Å². The zero-order valence-electron chi connectivity index (χ0n) is 16.9. The summed E-state index contributed by atoms with van der Waals surface area (Å²) in [5, 5.41) is 3.27. The predicted molar refractivity (Wildman–Crippen MR) is 105 cm³/mol. The van der Waals surface area contributed by atoms with Crippen LogP contribution in [0.25, 0.3) is 5.65 Å². The van der Waals surface area contributed by atoms with E-state index >= 15 is 0 Å². The van der Waals surface area contributed by atoms with Crippen molar-refractivity contribution in [1.82, 2.24) is 24.4 Å². The molecular weight excluding hydrogens is 358 g/mol. The molecule has 1 N–H and O–H groups in total. The third kappa shape index (κ3) is 3.46. The molecule has 152 valence electrons. The van der Waals surface area contributed by atoms with Crippen LogP contribution in [0.2, 0.25) is 0 Å². The lowest BCUT2D eigenvalue weighted by Crippen LogP contribution is -2.41. The average molecular weight is 387 g/mol. The van der Waals surface area contributed by atoms with Crippen molar-refractivity contribution in [3.63, 3.8) is 0 Å². The lowest BCUT2D eigenvalue weighted by molar-refractivity contribution is -0.136. The van der Waals surface area contributed by atoms with Crippen molar-refractivity contribution in [2.75, 3.05) is 33.4 Å². The van der Waals surface area contributed by atoms with Crippen LogP contribution in [0.3, 0.4) is 0 Å². The number of nitrogens with zero attached hydrogens (tertiary/aromatic N) is 4. The molecule has 1 atom stereocenters. The van der Waals surface area contributed by atoms with Crippen molar-refractivity contribution in [3.05, 3.63) is 33.4 Å². The zero-order valence-corrected chi connectivity index (χ0v) is 16.9. The van der Waals surface area contributed by atoms with Gasteiger partial charge in [0, 0.05) is 63.4 Å². The van der Waals surface area contributed by atoms with E-state index in [1.165, 1.54) is 7.11 Å². The number of ether oxygens (including phenoxy) is 1. The van der Waals surface area contributed by atoms with Gasteiger partial charge >= 0.3 is 0 Å². The second kappa shape index (κ2) is 7.67. The number of aromatic nitrogens is 3. The maximum absolute atomic E-state index is 13.1. The van der Waals surface area contributed by atoms with Crippen molar-refractivity contribution in [2.24, 2.45) is 0 Å². The van der Waals surface area contributed by atoms with Gasteiger partial charge in [0.2, 0.25) is 5.91 Å². The minimum absolute atomic E-state index is 0.000255. The van der Waals surface area contributed by atoms with Crippen LogP contribution in [0.15, 0.2) is 10.9 Å². The van der Waals surface area contributed by atoms with Gasteiger partial charge in [0.15, 0.2) is 5.65 Å². The Morgan fingerprint density at radius 1 is 1.39 bits per heavy atom. The van der Waals surface area contributed by atoms with E-state index in [9.17, 15) is 9.59 Å². The fraction of sp³-hybridized carbons (Fsp3) is 0.650. The number of hydrogen-bond acceptors (Lipinski definition) is 5. The van der Waals surface area contributed by atoms with Gasteiger partial charge < -0.3 is 9.64 Å². The number of methoxy groups -OCH3 is 1. The number of nitrogens with one attached hydrogen (secondary N) is 1. The monoisotopic (exact) mass is 387 g/mol. The second-order valence-electron chi connectivity index (χ2n) is 8.17. The maximum atomic E-state index is 13.1. The van der Waals surface area contributed by atoms with E-state index < -0.39 is 0 Å². The number of rotatable bonds is 4. The largest absolute Gasteiger partial charge is 0.375 e. The predicted octanol–water partition coefficient (Wildman–Crippen LogP) is 1.14. The molecule has 0 unspecified atom stereocenters. The number of aromatic amines is 1. The summed E-state index contributed by atoms with van der Waals surface area (Å²) in [6.07, 6.45) is 2.74. The molecule has 0 aromatic carbocycles. The molecule has 4 rings (SSSR count). The van der Waals surface area contributed by atoms with E-state index in [4.69, 9.17) is 9.72 Å². The maximum Gasteiger partial charge on any atom is 0.277 e. The van der Waals surface area contributed by atoms with Crippen LogP contribution in [0.1, 0.15) is 49.6 Å². The number of piperidine rings is 1. The van der Waals surface area contributed by atoms with Gasteiger partial charge in [-0.15, -0.1) is 0 Å². The van der Waals surface area contributed by atoms with Gasteiger partial charge in [-0.2, -0.15) is 0 Å². The van der Waals surface area contributed by atoms with Crippen LogP contribution >= 0.6 is 0 Å². The lowest BCUT2D eigenvalue weighted by Gasteiger charge is -2.32. The van der Waals surface area contributed by atoms with Crippen LogP contribution in [0.5, 0.6) is 0 Å². The molecular formula is C20H29N5O3. The van der Waals surface area contributed by atoms with Crippen LogP contribution in [-0.2, 0) is 22.5 Å². The quantitative estimate of drug-likeness (QED) is 0.851. The Bertz CT molecular complexity index is 932. The molecule has 0 spiro atoms. The highest BCUT2D eigenvalue weighted by Gasteiger charge is 2.28. The summed E-state index contributed by atoms with van der Waals surface area (Å²) in [5.74, 6) is 0.197. The number of hydrogen-bond donors (Lipinski definition) is 1. The van der Waals surface area contributed by atoms with Crippen LogP contribution in [0.4, 0.5) is 0 Å². The minimum Gasteiger partial charge on any atom is -0.375 e. The molecule has 1 saturated heterocycles. The average Bonchev–Trinajstić information content (AvgIpc) is 3.12. The summed E-state index contributed by atoms with van der Waals surface area (Å²) in [6, 6.07) is 2.39. The number of likely N-dealkylation sites (tertiary alicyclic amines) is 1. The van der Waals surface area contributed by atoms with Gasteiger partial charge in [-0.25, -0.2) is 9.50 Å². The third-order valence-electron chi connectivity index (χ3n) is 6.02. The molecule has 0 aliphatic carbocycles. The van der Waals surface area contributed by atoms with E-state index in [0.717, 1.165) is 49.3 Å². The van der Waals surface area contributed by atoms with Crippen molar-refractivity contribution >= 4 is 11.6 Å². The Morgan fingerprint density at radius 3 is 2.96 bits per heavy atom. The van der Waals surface area contributed by atoms with E-state index in [1.807, 2.05) is 11.0 Å².